The molecule has 0 radical (unpaired) electrons. The Labute approximate surface area is 150 Å². The number of halogens is 3. The molecular formula is C19H22F3N3O. The van der Waals surface area contributed by atoms with Crippen LogP contribution < -0.4 is 0 Å². The third-order valence-corrected chi connectivity index (χ3v) is 4.79. The van der Waals surface area contributed by atoms with Gasteiger partial charge in [-0.2, -0.15) is 18.3 Å². The highest BCUT2D eigenvalue weighted by Gasteiger charge is 2.31. The lowest BCUT2D eigenvalue weighted by molar-refractivity contribution is -0.137. The van der Waals surface area contributed by atoms with E-state index in [0.717, 1.165) is 51.0 Å². The number of rotatable bonds is 6. The van der Waals surface area contributed by atoms with E-state index >= 15 is 0 Å². The standard InChI is InChI=1S/C19H22F3N3O/c20-19(21,22)17-7-5-15(6-8-17)18(26)16-4-1-10-24(14-16)11-3-13-25-12-2-9-23-25/h2,5-9,12,16H,1,3-4,10-11,13-14H2. The van der Waals surface area contributed by atoms with E-state index in [9.17, 15) is 18.0 Å². The van der Waals surface area contributed by atoms with Gasteiger partial charge in [0.25, 0.3) is 0 Å². The fourth-order valence-corrected chi connectivity index (χ4v) is 3.42. The summed E-state index contributed by atoms with van der Waals surface area (Å²) in [6, 6.07) is 6.44. The number of ketones is 1. The first-order valence-electron chi connectivity index (χ1n) is 8.85. The third-order valence-electron chi connectivity index (χ3n) is 4.79. The molecule has 4 nitrogen and oxygen atoms in total. The molecule has 1 aliphatic heterocycles. The molecule has 2 aromatic rings. The van der Waals surface area contributed by atoms with Gasteiger partial charge in [-0.3, -0.25) is 9.48 Å². The van der Waals surface area contributed by atoms with Crippen molar-refractivity contribution in [3.63, 3.8) is 0 Å². The summed E-state index contributed by atoms with van der Waals surface area (Å²) < 4.78 is 39.8. The lowest BCUT2D eigenvalue weighted by Crippen LogP contribution is -2.39. The van der Waals surface area contributed by atoms with Crippen molar-refractivity contribution in [3.05, 3.63) is 53.9 Å². The predicted octanol–water partition coefficient (Wildman–Crippen LogP) is 3.89. The molecule has 26 heavy (non-hydrogen) atoms. The molecule has 0 spiro atoms. The molecular weight excluding hydrogens is 343 g/mol. The van der Waals surface area contributed by atoms with Crippen molar-refractivity contribution in [2.24, 2.45) is 5.92 Å². The zero-order valence-corrected chi connectivity index (χ0v) is 14.5. The molecule has 1 fully saturated rings. The number of alkyl halides is 3. The molecule has 1 aromatic heterocycles. The first-order chi connectivity index (χ1) is 12.4. The molecule has 1 unspecified atom stereocenters. The zero-order valence-electron chi connectivity index (χ0n) is 14.5. The summed E-state index contributed by atoms with van der Waals surface area (Å²) >= 11 is 0. The average Bonchev–Trinajstić information content (AvgIpc) is 3.14. The summed E-state index contributed by atoms with van der Waals surface area (Å²) in [7, 11) is 0. The number of aromatic nitrogens is 2. The van der Waals surface area contributed by atoms with Crippen LogP contribution in [0.3, 0.4) is 0 Å². The Bertz CT molecular complexity index is 711. The van der Waals surface area contributed by atoms with Crippen LogP contribution in [0.4, 0.5) is 13.2 Å². The van der Waals surface area contributed by atoms with Gasteiger partial charge in [-0.1, -0.05) is 12.1 Å². The number of nitrogens with zero attached hydrogens (tertiary/aromatic N) is 3. The Hall–Kier alpha value is -2.15. The first-order valence-corrected chi connectivity index (χ1v) is 8.85. The van der Waals surface area contributed by atoms with Crippen LogP contribution >= 0.6 is 0 Å². The number of piperidine rings is 1. The van der Waals surface area contributed by atoms with E-state index in [1.165, 1.54) is 12.1 Å². The summed E-state index contributed by atoms with van der Waals surface area (Å²) in [5.74, 6) is -0.208. The van der Waals surface area contributed by atoms with Gasteiger partial charge in [0, 0.05) is 37.0 Å². The van der Waals surface area contributed by atoms with Crippen molar-refractivity contribution in [1.82, 2.24) is 14.7 Å². The summed E-state index contributed by atoms with van der Waals surface area (Å²) in [5, 5.41) is 4.17. The number of hydrogen-bond acceptors (Lipinski definition) is 3. The van der Waals surface area contributed by atoms with Crippen LogP contribution in [0.2, 0.25) is 0 Å². The summed E-state index contributed by atoms with van der Waals surface area (Å²) in [6.45, 7) is 3.34. The Morgan fingerprint density at radius 3 is 2.62 bits per heavy atom. The van der Waals surface area contributed by atoms with Crippen LogP contribution in [0.15, 0.2) is 42.7 Å². The maximum Gasteiger partial charge on any atom is 0.416 e. The molecule has 2 heterocycles. The minimum atomic E-state index is -4.38. The zero-order chi connectivity index (χ0) is 18.6. The highest BCUT2D eigenvalue weighted by atomic mass is 19.4. The number of Topliss-reactive ketones (excluding diaryl/α,β-unsaturated/α-hetero) is 1. The Morgan fingerprint density at radius 2 is 1.96 bits per heavy atom. The van der Waals surface area contributed by atoms with Crippen molar-refractivity contribution in [3.8, 4) is 0 Å². The monoisotopic (exact) mass is 365 g/mol. The van der Waals surface area contributed by atoms with Crippen LogP contribution in [0.1, 0.15) is 35.2 Å². The van der Waals surface area contributed by atoms with Crippen LogP contribution in [0.5, 0.6) is 0 Å². The van der Waals surface area contributed by atoms with Crippen molar-refractivity contribution in [2.75, 3.05) is 19.6 Å². The molecule has 1 atom stereocenters. The minimum Gasteiger partial charge on any atom is -0.303 e. The van der Waals surface area contributed by atoms with Crippen molar-refractivity contribution >= 4 is 5.78 Å². The van der Waals surface area contributed by atoms with Gasteiger partial charge in [0.1, 0.15) is 0 Å². The number of aryl methyl sites for hydroxylation is 1. The largest absolute Gasteiger partial charge is 0.416 e. The maximum atomic E-state index is 12.6. The average molecular weight is 365 g/mol. The highest BCUT2D eigenvalue weighted by molar-refractivity contribution is 5.98. The summed E-state index contributed by atoms with van der Waals surface area (Å²) in [5.41, 5.74) is -0.362. The minimum absolute atomic E-state index is 0.0597. The predicted molar refractivity (Wildman–Crippen MR) is 91.8 cm³/mol. The molecule has 0 N–H and O–H groups in total. The van der Waals surface area contributed by atoms with Gasteiger partial charge >= 0.3 is 6.18 Å². The van der Waals surface area contributed by atoms with Gasteiger partial charge in [-0.25, -0.2) is 0 Å². The lowest BCUT2D eigenvalue weighted by Gasteiger charge is -2.32. The van der Waals surface area contributed by atoms with E-state index in [2.05, 4.69) is 10.00 Å². The van der Waals surface area contributed by atoms with Crippen molar-refractivity contribution in [2.45, 2.75) is 32.0 Å². The molecule has 0 aliphatic carbocycles. The van der Waals surface area contributed by atoms with Gasteiger partial charge in [-0.05, 0) is 50.6 Å². The summed E-state index contributed by atoms with van der Waals surface area (Å²) in [6.07, 6.45) is 1.96. The summed E-state index contributed by atoms with van der Waals surface area (Å²) in [4.78, 5) is 14.9. The second-order valence-electron chi connectivity index (χ2n) is 6.70. The number of carbonyl (C=O) groups excluding carboxylic acids is 1. The first kappa shape index (κ1) is 18.6. The Kier molecular flexibility index (Phi) is 5.76. The number of hydrogen-bond donors (Lipinski definition) is 0. The lowest BCUT2D eigenvalue weighted by atomic mass is 9.89. The second kappa shape index (κ2) is 8.03. The van der Waals surface area contributed by atoms with Crippen LogP contribution in [-0.4, -0.2) is 40.1 Å². The van der Waals surface area contributed by atoms with E-state index in [4.69, 9.17) is 0 Å². The van der Waals surface area contributed by atoms with E-state index in [0.29, 0.717) is 12.1 Å². The van der Waals surface area contributed by atoms with E-state index in [1.54, 1.807) is 6.20 Å². The fraction of sp³-hybridized carbons (Fsp3) is 0.474. The molecule has 1 saturated heterocycles. The van der Waals surface area contributed by atoms with E-state index in [1.807, 2.05) is 16.9 Å². The molecule has 1 aromatic carbocycles. The van der Waals surface area contributed by atoms with Crippen LogP contribution in [0.25, 0.3) is 0 Å². The van der Waals surface area contributed by atoms with E-state index < -0.39 is 11.7 Å². The Balaban J connectivity index is 1.54. The van der Waals surface area contributed by atoms with Gasteiger partial charge < -0.3 is 4.90 Å². The fourth-order valence-electron chi connectivity index (χ4n) is 3.42. The van der Waals surface area contributed by atoms with Crippen molar-refractivity contribution in [1.29, 1.82) is 0 Å². The number of likely N-dealkylation sites (tertiary alicyclic amines) is 1. The normalized spacial score (nSPS) is 18.8. The van der Waals surface area contributed by atoms with Gasteiger partial charge in [0.05, 0.1) is 5.56 Å². The molecule has 0 bridgehead atoms. The SMILES string of the molecule is O=C(c1ccc(C(F)(F)F)cc1)C1CCCN(CCCn2cccn2)C1. The van der Waals surface area contributed by atoms with Gasteiger partial charge in [0.2, 0.25) is 0 Å². The van der Waals surface area contributed by atoms with Crippen LogP contribution in [0, 0.1) is 5.92 Å². The molecule has 7 heteroatoms. The second-order valence-corrected chi connectivity index (χ2v) is 6.70. The quantitative estimate of drug-likeness (QED) is 0.729. The molecule has 0 amide bonds. The highest BCUT2D eigenvalue weighted by Crippen LogP contribution is 2.30. The molecule has 1 aliphatic rings. The maximum absolute atomic E-state index is 12.6. The molecule has 0 saturated carbocycles. The molecule has 140 valence electrons. The van der Waals surface area contributed by atoms with Gasteiger partial charge in [0.15, 0.2) is 5.78 Å². The Morgan fingerprint density at radius 1 is 1.19 bits per heavy atom. The molecule has 3 rings (SSSR count). The topological polar surface area (TPSA) is 38.1 Å². The van der Waals surface area contributed by atoms with E-state index in [-0.39, 0.29) is 11.7 Å². The van der Waals surface area contributed by atoms with Crippen molar-refractivity contribution < 1.29 is 18.0 Å². The van der Waals surface area contributed by atoms with Crippen LogP contribution in [-0.2, 0) is 12.7 Å². The third kappa shape index (κ3) is 4.72. The number of benzene rings is 1. The van der Waals surface area contributed by atoms with Gasteiger partial charge in [-0.15, -0.1) is 0 Å². The smallest absolute Gasteiger partial charge is 0.303 e. The number of carbonyl (C=O) groups is 1.